The number of hydrogen-bond donors (Lipinski definition) is 1. The number of halogens is 1. The van der Waals surface area contributed by atoms with Gasteiger partial charge in [0.1, 0.15) is 0 Å². The molecule has 1 rings (SSSR count). The Bertz CT molecular complexity index is 262. The van der Waals surface area contributed by atoms with Crippen molar-refractivity contribution in [3.8, 4) is 0 Å². The summed E-state index contributed by atoms with van der Waals surface area (Å²) in [6.07, 6.45) is 0. The fraction of sp³-hybridized carbons (Fsp3) is 0. The fourth-order valence-corrected chi connectivity index (χ4v) is 1.02. The van der Waals surface area contributed by atoms with Gasteiger partial charge < -0.3 is 5.11 Å². The molecule has 0 bridgehead atoms. The standard InChI is InChI=1S/C7H4BrO2.W/c8-6-4-2-1-3-5(6)7(9)10;/h1,3-4H,(H,9,10);/q-1;. The van der Waals surface area contributed by atoms with Crippen molar-refractivity contribution in [1.29, 1.82) is 0 Å². The van der Waals surface area contributed by atoms with Crippen molar-refractivity contribution in [3.63, 3.8) is 0 Å². The summed E-state index contributed by atoms with van der Waals surface area (Å²) in [5.74, 6) is -0.930. The van der Waals surface area contributed by atoms with E-state index < -0.39 is 5.97 Å². The number of carbonyl (C=O) groups is 1. The normalized spacial score (nSPS) is 8.45. The molecule has 4 heteroatoms. The van der Waals surface area contributed by atoms with Crippen LogP contribution in [-0.4, -0.2) is 11.1 Å². The number of carboxylic acids is 1. The molecule has 0 aromatic heterocycles. The molecule has 0 spiro atoms. The summed E-state index contributed by atoms with van der Waals surface area (Å²) in [6, 6.07) is 7.37. The SMILES string of the molecule is O=C(O)c1cc[c-]cc1Br.[W]. The summed E-state index contributed by atoms with van der Waals surface area (Å²) in [4.78, 5) is 10.4. The summed E-state index contributed by atoms with van der Waals surface area (Å²) < 4.78 is 0.558. The number of carboxylic acid groups (broad SMARTS) is 1. The topological polar surface area (TPSA) is 37.3 Å². The van der Waals surface area contributed by atoms with Gasteiger partial charge in [-0.1, -0.05) is 4.47 Å². The van der Waals surface area contributed by atoms with E-state index in [0.717, 1.165) is 0 Å². The van der Waals surface area contributed by atoms with Crippen LogP contribution in [0, 0.1) is 6.07 Å². The molecule has 0 atom stereocenters. The van der Waals surface area contributed by atoms with Crippen LogP contribution < -0.4 is 0 Å². The molecule has 0 aliphatic heterocycles. The summed E-state index contributed by atoms with van der Waals surface area (Å²) >= 11 is 3.08. The molecule has 1 aromatic carbocycles. The molecule has 0 saturated heterocycles. The van der Waals surface area contributed by atoms with Crippen LogP contribution in [-0.2, 0) is 21.1 Å². The van der Waals surface area contributed by atoms with Crippen molar-refractivity contribution in [1.82, 2.24) is 0 Å². The molecule has 11 heavy (non-hydrogen) atoms. The van der Waals surface area contributed by atoms with Gasteiger partial charge in [0, 0.05) is 21.1 Å². The van der Waals surface area contributed by atoms with Crippen LogP contribution in [0.3, 0.4) is 0 Å². The van der Waals surface area contributed by atoms with Crippen molar-refractivity contribution >= 4 is 21.9 Å². The van der Waals surface area contributed by atoms with Crippen LogP contribution in [0.15, 0.2) is 22.7 Å². The molecule has 0 unspecified atom stereocenters. The van der Waals surface area contributed by atoms with E-state index in [4.69, 9.17) is 5.11 Å². The second-order valence-corrected chi connectivity index (χ2v) is 2.57. The van der Waals surface area contributed by atoms with E-state index in [0.29, 0.717) is 4.47 Å². The molecular weight excluding hydrogens is 380 g/mol. The number of aromatic carboxylic acids is 1. The van der Waals surface area contributed by atoms with E-state index in [1.165, 1.54) is 6.07 Å². The Kier molecular flexibility index (Phi) is 4.62. The molecule has 58 valence electrons. The van der Waals surface area contributed by atoms with Gasteiger partial charge in [0.05, 0.1) is 0 Å². The van der Waals surface area contributed by atoms with Gasteiger partial charge in [0.15, 0.2) is 0 Å². The van der Waals surface area contributed by atoms with Crippen LogP contribution in [0.5, 0.6) is 0 Å². The van der Waals surface area contributed by atoms with Gasteiger partial charge in [0.25, 0.3) is 0 Å². The van der Waals surface area contributed by atoms with Gasteiger partial charge in [0.2, 0.25) is 0 Å². The second kappa shape index (κ2) is 4.68. The van der Waals surface area contributed by atoms with Gasteiger partial charge in [-0.15, -0.1) is 15.9 Å². The van der Waals surface area contributed by atoms with Crippen LogP contribution in [0.4, 0.5) is 0 Å². The largest absolute Gasteiger partial charge is 0.479 e. The maximum atomic E-state index is 10.4. The van der Waals surface area contributed by atoms with E-state index >= 15 is 0 Å². The second-order valence-electron chi connectivity index (χ2n) is 1.71. The predicted octanol–water partition coefficient (Wildman–Crippen LogP) is 1.94. The average molecular weight is 384 g/mol. The van der Waals surface area contributed by atoms with E-state index in [1.54, 1.807) is 12.1 Å². The molecule has 0 amide bonds. The Morgan fingerprint density at radius 3 is 2.64 bits per heavy atom. The Balaban J connectivity index is 0.000001000. The number of rotatable bonds is 1. The Morgan fingerprint density at radius 2 is 2.27 bits per heavy atom. The van der Waals surface area contributed by atoms with Gasteiger partial charge >= 0.3 is 5.97 Å². The summed E-state index contributed by atoms with van der Waals surface area (Å²) in [7, 11) is 0. The first-order valence-corrected chi connectivity index (χ1v) is 3.40. The van der Waals surface area contributed by atoms with Crippen LogP contribution >= 0.6 is 15.9 Å². The van der Waals surface area contributed by atoms with Crippen molar-refractivity contribution in [3.05, 3.63) is 34.3 Å². The van der Waals surface area contributed by atoms with Crippen molar-refractivity contribution in [2.75, 3.05) is 0 Å². The molecule has 0 aliphatic rings. The minimum absolute atomic E-state index is 0. The summed E-state index contributed by atoms with van der Waals surface area (Å²) in [5.41, 5.74) is 0.263. The molecule has 1 N–H and O–H groups in total. The molecule has 0 heterocycles. The third kappa shape index (κ3) is 2.76. The zero-order chi connectivity index (χ0) is 7.56. The fourth-order valence-electron chi connectivity index (χ4n) is 0.584. The average Bonchev–Trinajstić information content (AvgIpc) is 1.88. The zero-order valence-corrected chi connectivity index (χ0v) is 9.89. The summed E-state index contributed by atoms with van der Waals surface area (Å²) in [6.45, 7) is 0. The number of hydrogen-bond acceptors (Lipinski definition) is 1. The smallest absolute Gasteiger partial charge is 0.312 e. The minimum atomic E-state index is -0.930. The number of benzene rings is 1. The molecule has 2 nitrogen and oxygen atoms in total. The molecule has 0 fully saturated rings. The molecular formula is C7H4BrO2W-. The molecule has 0 saturated carbocycles. The predicted molar refractivity (Wildman–Crippen MR) is 39.9 cm³/mol. The molecule has 0 radical (unpaired) electrons. The minimum Gasteiger partial charge on any atom is -0.479 e. The van der Waals surface area contributed by atoms with Gasteiger partial charge in [-0.2, -0.15) is 24.3 Å². The Hall–Kier alpha value is -0.142. The Labute approximate surface area is 87.0 Å². The molecule has 0 aliphatic carbocycles. The van der Waals surface area contributed by atoms with Crippen LogP contribution in [0.25, 0.3) is 0 Å². The van der Waals surface area contributed by atoms with E-state index in [2.05, 4.69) is 22.0 Å². The van der Waals surface area contributed by atoms with Gasteiger partial charge in [-0.25, -0.2) is 4.79 Å². The molecule has 1 aromatic rings. The third-order valence-corrected chi connectivity index (χ3v) is 1.70. The first kappa shape index (κ1) is 10.9. The van der Waals surface area contributed by atoms with Crippen LogP contribution in [0.2, 0.25) is 0 Å². The third-order valence-electron chi connectivity index (χ3n) is 1.04. The van der Waals surface area contributed by atoms with E-state index in [1.807, 2.05) is 0 Å². The summed E-state index contributed by atoms with van der Waals surface area (Å²) in [5, 5.41) is 8.52. The van der Waals surface area contributed by atoms with Crippen molar-refractivity contribution in [2.45, 2.75) is 0 Å². The monoisotopic (exact) mass is 383 g/mol. The van der Waals surface area contributed by atoms with Crippen molar-refractivity contribution in [2.24, 2.45) is 0 Å². The first-order valence-electron chi connectivity index (χ1n) is 2.60. The quantitative estimate of drug-likeness (QED) is 0.753. The van der Waals surface area contributed by atoms with Crippen molar-refractivity contribution < 1.29 is 31.0 Å². The van der Waals surface area contributed by atoms with Crippen LogP contribution in [0.1, 0.15) is 10.4 Å². The van der Waals surface area contributed by atoms with E-state index in [9.17, 15) is 4.79 Å². The van der Waals surface area contributed by atoms with E-state index in [-0.39, 0.29) is 26.6 Å². The van der Waals surface area contributed by atoms with Gasteiger partial charge in [-0.05, 0) is 5.56 Å². The first-order chi connectivity index (χ1) is 4.72. The maximum absolute atomic E-state index is 10.4. The maximum Gasteiger partial charge on any atom is 0.312 e. The Morgan fingerprint density at radius 1 is 1.64 bits per heavy atom. The van der Waals surface area contributed by atoms with Gasteiger partial charge in [-0.3, -0.25) is 0 Å². The zero-order valence-electron chi connectivity index (χ0n) is 5.37.